The summed E-state index contributed by atoms with van der Waals surface area (Å²) >= 11 is 0. The van der Waals surface area contributed by atoms with Crippen molar-refractivity contribution >= 4 is 29.2 Å². The van der Waals surface area contributed by atoms with Gasteiger partial charge in [-0.15, -0.1) is 9.94 Å². The predicted molar refractivity (Wildman–Crippen MR) is 124 cm³/mol. The second-order valence-corrected chi connectivity index (χ2v) is 9.27. The number of anilines is 2. The summed E-state index contributed by atoms with van der Waals surface area (Å²) in [7, 11) is 0. The molecule has 34 heavy (non-hydrogen) atoms. The molecular weight excluding hydrogens is 439 g/mol. The lowest BCUT2D eigenvalue weighted by Crippen LogP contribution is -2.55. The second kappa shape index (κ2) is 8.32. The number of aromatic nitrogens is 5. The first kappa shape index (κ1) is 22.2. The summed E-state index contributed by atoms with van der Waals surface area (Å²) in [6.07, 6.45) is 5.28. The zero-order valence-electron chi connectivity index (χ0n) is 19.2. The van der Waals surface area contributed by atoms with Gasteiger partial charge in [0.25, 0.3) is 5.91 Å². The Morgan fingerprint density at radius 2 is 2.12 bits per heavy atom. The van der Waals surface area contributed by atoms with Crippen LogP contribution in [0.2, 0.25) is 0 Å². The van der Waals surface area contributed by atoms with Crippen LogP contribution < -0.4 is 15.5 Å². The summed E-state index contributed by atoms with van der Waals surface area (Å²) in [4.78, 5) is 27.1. The van der Waals surface area contributed by atoms with Crippen LogP contribution in [0.15, 0.2) is 24.4 Å². The van der Waals surface area contributed by atoms with Crippen molar-refractivity contribution in [1.29, 1.82) is 0 Å². The molecule has 0 saturated carbocycles. The van der Waals surface area contributed by atoms with Gasteiger partial charge in [-0.2, -0.15) is 14.4 Å². The molecule has 2 atom stereocenters. The molecule has 0 spiro atoms. The van der Waals surface area contributed by atoms with Crippen molar-refractivity contribution in [2.24, 2.45) is 5.73 Å². The Morgan fingerprint density at radius 3 is 2.79 bits per heavy atom. The fourth-order valence-corrected chi connectivity index (χ4v) is 5.21. The van der Waals surface area contributed by atoms with E-state index in [1.807, 2.05) is 13.8 Å². The minimum Gasteiger partial charge on any atom is -0.411 e. The number of nitrogens with two attached hydrogens (primary N) is 1. The number of nitrogens with zero attached hydrogens (tertiary/aromatic N) is 6. The van der Waals surface area contributed by atoms with Crippen LogP contribution in [-0.4, -0.2) is 48.6 Å². The summed E-state index contributed by atoms with van der Waals surface area (Å²) in [6.45, 7) is 4.48. The molecule has 5 rings (SSSR count). The highest BCUT2D eigenvalue weighted by Crippen LogP contribution is 2.43. The van der Waals surface area contributed by atoms with E-state index in [0.29, 0.717) is 41.9 Å². The molecule has 4 N–H and O–H groups in total. The van der Waals surface area contributed by atoms with Gasteiger partial charge in [0, 0.05) is 30.5 Å². The first-order chi connectivity index (χ1) is 16.3. The Labute approximate surface area is 196 Å². The molecule has 0 bridgehead atoms. The molecule has 11 heteroatoms. The van der Waals surface area contributed by atoms with Gasteiger partial charge in [0.15, 0.2) is 17.5 Å². The molecule has 3 aromatic rings. The number of rotatable bonds is 6. The summed E-state index contributed by atoms with van der Waals surface area (Å²) in [5, 5.41) is 17.6. The summed E-state index contributed by atoms with van der Waals surface area (Å²) in [5.41, 5.74) is 9.03. The standard InChI is InChI=1S/C23H27FN8O2/c1-13(2)17-11-20(30-31(17)34)28-22-15-5-3-6-16(15)27-23(29-22)32(10-4-7-18(32)21(25)33)14-8-9-19(24)26-12-14/h8-9,11-13,18,34H,3-7,10H2,1-2H3,(H2-,25,27,28,29,30,33)/p+1. The molecule has 0 radical (unpaired) electrons. The van der Waals surface area contributed by atoms with Gasteiger partial charge in [-0.05, 0) is 31.2 Å². The Balaban J connectivity index is 1.65. The highest BCUT2D eigenvalue weighted by molar-refractivity contribution is 5.84. The molecule has 178 valence electrons. The van der Waals surface area contributed by atoms with Crippen molar-refractivity contribution in [2.45, 2.75) is 57.9 Å². The average Bonchev–Trinajstić information content (AvgIpc) is 3.52. The number of halogens is 1. The van der Waals surface area contributed by atoms with Gasteiger partial charge in [0.05, 0.1) is 24.1 Å². The van der Waals surface area contributed by atoms with Gasteiger partial charge in [-0.1, -0.05) is 13.8 Å². The smallest absolute Gasteiger partial charge is 0.337 e. The average molecular weight is 468 g/mol. The quantitative estimate of drug-likeness (QED) is 0.288. The van der Waals surface area contributed by atoms with Crippen molar-refractivity contribution < 1.29 is 14.4 Å². The number of hydrogen-bond donors (Lipinski definition) is 3. The molecule has 1 aliphatic heterocycles. The fourth-order valence-electron chi connectivity index (χ4n) is 5.21. The SMILES string of the molecule is CC(C)c1cc(Nc2nc([N+]3(c4ccc(F)nc4)CCCC3C(N)=O)nc3c2CCC3)nn1O. The highest BCUT2D eigenvalue weighted by Gasteiger charge is 2.52. The van der Waals surface area contributed by atoms with Gasteiger partial charge in [-0.3, -0.25) is 4.79 Å². The molecule has 1 amide bonds. The third-order valence-corrected chi connectivity index (χ3v) is 6.86. The maximum Gasteiger partial charge on any atom is 0.337 e. The number of amides is 1. The number of carbonyl (C=O) groups excluding carboxylic acids is 1. The van der Waals surface area contributed by atoms with Crippen molar-refractivity contribution in [1.82, 2.24) is 29.4 Å². The molecule has 1 saturated heterocycles. The van der Waals surface area contributed by atoms with E-state index in [2.05, 4.69) is 15.4 Å². The van der Waals surface area contributed by atoms with Crippen LogP contribution >= 0.6 is 0 Å². The molecular formula is C23H28FN8O2+. The van der Waals surface area contributed by atoms with Crippen molar-refractivity contribution in [3.63, 3.8) is 0 Å². The minimum absolute atomic E-state index is 0.00371. The van der Waals surface area contributed by atoms with E-state index in [0.717, 1.165) is 41.8 Å². The first-order valence-corrected chi connectivity index (χ1v) is 11.6. The topological polar surface area (TPSA) is 132 Å². The number of aryl methyl sites for hydroxylation is 1. The lowest BCUT2D eigenvalue weighted by atomic mass is 10.1. The van der Waals surface area contributed by atoms with Crippen LogP contribution in [0.3, 0.4) is 0 Å². The Morgan fingerprint density at radius 1 is 1.29 bits per heavy atom. The lowest BCUT2D eigenvalue weighted by molar-refractivity contribution is -0.121. The van der Waals surface area contributed by atoms with E-state index >= 15 is 0 Å². The van der Waals surface area contributed by atoms with Crippen LogP contribution in [-0.2, 0) is 17.6 Å². The largest absolute Gasteiger partial charge is 0.411 e. The van der Waals surface area contributed by atoms with Crippen molar-refractivity contribution in [2.75, 3.05) is 11.9 Å². The van der Waals surface area contributed by atoms with E-state index in [1.165, 1.54) is 12.3 Å². The fraction of sp³-hybridized carbons (Fsp3) is 0.435. The first-order valence-electron chi connectivity index (χ1n) is 11.6. The van der Waals surface area contributed by atoms with Gasteiger partial charge >= 0.3 is 5.95 Å². The molecule has 4 heterocycles. The van der Waals surface area contributed by atoms with Crippen molar-refractivity contribution in [3.05, 3.63) is 47.3 Å². The van der Waals surface area contributed by atoms with Gasteiger partial charge in [0.2, 0.25) is 5.95 Å². The van der Waals surface area contributed by atoms with Crippen molar-refractivity contribution in [3.8, 4) is 0 Å². The highest BCUT2D eigenvalue weighted by atomic mass is 19.1. The summed E-state index contributed by atoms with van der Waals surface area (Å²) in [5.74, 6) is 0.503. The second-order valence-electron chi connectivity index (χ2n) is 9.27. The molecule has 3 aromatic heterocycles. The molecule has 0 aromatic carbocycles. The van der Waals surface area contributed by atoms with E-state index in [4.69, 9.17) is 15.7 Å². The number of quaternary nitrogens is 1. The van der Waals surface area contributed by atoms with Crippen LogP contribution in [0.25, 0.3) is 0 Å². The van der Waals surface area contributed by atoms with Crippen LogP contribution in [0.4, 0.5) is 27.7 Å². The van der Waals surface area contributed by atoms with E-state index in [9.17, 15) is 14.4 Å². The van der Waals surface area contributed by atoms with Crippen LogP contribution in [0, 0.1) is 5.95 Å². The monoisotopic (exact) mass is 467 g/mol. The zero-order chi connectivity index (χ0) is 24.0. The van der Waals surface area contributed by atoms with Gasteiger partial charge in [0.1, 0.15) is 5.82 Å². The number of fused-ring (bicyclic) bond motifs is 1. The van der Waals surface area contributed by atoms with E-state index in [1.54, 1.807) is 12.1 Å². The summed E-state index contributed by atoms with van der Waals surface area (Å²) in [6, 6.07) is 4.09. The molecule has 10 nitrogen and oxygen atoms in total. The maximum atomic E-state index is 13.7. The van der Waals surface area contributed by atoms with Gasteiger partial charge < -0.3 is 16.3 Å². The third kappa shape index (κ3) is 3.56. The molecule has 2 aliphatic rings. The Hall–Kier alpha value is -3.60. The third-order valence-electron chi connectivity index (χ3n) is 6.86. The Kier molecular flexibility index (Phi) is 5.43. The number of nitrogens with one attached hydrogen (secondary N) is 1. The summed E-state index contributed by atoms with van der Waals surface area (Å²) < 4.78 is 13.7. The molecule has 2 unspecified atom stereocenters. The predicted octanol–water partition coefficient (Wildman–Crippen LogP) is 3.09. The number of carbonyl (C=O) groups is 1. The van der Waals surface area contributed by atoms with Crippen LogP contribution in [0.1, 0.15) is 56.0 Å². The normalized spacial score (nSPS) is 21.7. The Bertz CT molecular complexity index is 1240. The van der Waals surface area contributed by atoms with Gasteiger partial charge in [-0.25, -0.2) is 9.47 Å². The number of primary amides is 1. The zero-order valence-corrected chi connectivity index (χ0v) is 19.2. The number of hydrogen-bond acceptors (Lipinski definition) is 7. The lowest BCUT2D eigenvalue weighted by Gasteiger charge is -2.35. The van der Waals surface area contributed by atoms with E-state index < -0.39 is 17.9 Å². The minimum atomic E-state index is -0.602. The maximum absolute atomic E-state index is 13.7. The molecule has 1 fully saturated rings. The van der Waals surface area contributed by atoms with Crippen LogP contribution in [0.5, 0.6) is 0 Å². The molecule has 1 aliphatic carbocycles. The number of pyridine rings is 1. The van der Waals surface area contributed by atoms with E-state index in [-0.39, 0.29) is 10.4 Å².